The molecule has 1 atom stereocenters. The molecule has 0 bridgehead atoms. The summed E-state index contributed by atoms with van der Waals surface area (Å²) in [5.41, 5.74) is 0.909. The van der Waals surface area contributed by atoms with E-state index in [1.54, 1.807) is 18.7 Å². The third kappa shape index (κ3) is 4.61. The molecular weight excluding hydrogens is 408 g/mol. The molecule has 1 saturated heterocycles. The van der Waals surface area contributed by atoms with Gasteiger partial charge in [0.2, 0.25) is 5.91 Å². The molecule has 11 heteroatoms. The van der Waals surface area contributed by atoms with Crippen molar-refractivity contribution >= 4 is 34.2 Å². The lowest BCUT2D eigenvalue weighted by molar-refractivity contribution is -0.133. The summed E-state index contributed by atoms with van der Waals surface area (Å²) < 4.78 is 5.16. The Kier molecular flexibility index (Phi) is 6.70. The number of esters is 1. The van der Waals surface area contributed by atoms with Crippen LogP contribution in [0.2, 0.25) is 0 Å². The number of rotatable bonds is 6. The molecule has 1 fully saturated rings. The quantitative estimate of drug-likeness (QED) is 0.673. The normalized spacial score (nSPS) is 16.0. The average Bonchev–Trinajstić information content (AvgIpc) is 3.42. The van der Waals surface area contributed by atoms with Crippen LogP contribution in [0.15, 0.2) is 12.4 Å². The number of nitrogens with zero attached hydrogens (tertiary/aromatic N) is 4. The highest BCUT2D eigenvalue weighted by atomic mass is 32.1. The Morgan fingerprint density at radius 3 is 2.63 bits per heavy atom. The lowest BCUT2D eigenvalue weighted by Gasteiger charge is -2.19. The minimum atomic E-state index is -0.519. The van der Waals surface area contributed by atoms with Gasteiger partial charge >= 0.3 is 12.0 Å². The Labute approximate surface area is 178 Å². The minimum absolute atomic E-state index is 0.0758. The first-order valence-electron chi connectivity index (χ1n) is 9.85. The summed E-state index contributed by atoms with van der Waals surface area (Å²) in [4.78, 5) is 40.4. The summed E-state index contributed by atoms with van der Waals surface area (Å²) in [5, 5.41) is 14.8. The topological polar surface area (TPSA) is 118 Å². The van der Waals surface area contributed by atoms with Crippen molar-refractivity contribution < 1.29 is 19.1 Å². The van der Waals surface area contributed by atoms with Crippen molar-refractivity contribution in [1.82, 2.24) is 25.2 Å². The number of hydrogen-bond donors (Lipinski definition) is 2. The number of aromatic nitrogens is 3. The number of ether oxygens (including phenoxy) is 1. The van der Waals surface area contributed by atoms with Crippen molar-refractivity contribution in [2.75, 3.05) is 25.0 Å². The van der Waals surface area contributed by atoms with Crippen LogP contribution < -0.4 is 10.6 Å². The van der Waals surface area contributed by atoms with E-state index in [9.17, 15) is 14.4 Å². The van der Waals surface area contributed by atoms with E-state index in [-0.39, 0.29) is 30.0 Å². The summed E-state index contributed by atoms with van der Waals surface area (Å²) >= 11 is 1.19. The number of nitrogens with one attached hydrogen (secondary N) is 2. The van der Waals surface area contributed by atoms with Crippen LogP contribution in [0.3, 0.4) is 0 Å². The molecule has 0 saturated carbocycles. The van der Waals surface area contributed by atoms with Gasteiger partial charge in [-0.25, -0.2) is 9.59 Å². The van der Waals surface area contributed by atoms with E-state index in [2.05, 4.69) is 20.8 Å². The van der Waals surface area contributed by atoms with E-state index < -0.39 is 12.0 Å². The van der Waals surface area contributed by atoms with Crippen molar-refractivity contribution in [3.63, 3.8) is 0 Å². The zero-order valence-corrected chi connectivity index (χ0v) is 18.3. The molecule has 1 unspecified atom stereocenters. The van der Waals surface area contributed by atoms with Crippen LogP contribution in [0.5, 0.6) is 0 Å². The van der Waals surface area contributed by atoms with E-state index in [1.165, 1.54) is 28.5 Å². The fourth-order valence-electron chi connectivity index (χ4n) is 3.32. The number of thiophene rings is 1. The predicted octanol–water partition coefficient (Wildman–Crippen LogP) is 2.19. The van der Waals surface area contributed by atoms with E-state index >= 15 is 0 Å². The van der Waals surface area contributed by atoms with E-state index in [0.717, 1.165) is 0 Å². The standard InChI is InChI=1S/C19H26N6O4S/c1-5-29-18(27)14-12(4)17(25-20-7-8-21-25)30-15(14)23-19(28)22-13-6-9-24(10-13)16(26)11(2)3/h7-8,11,13H,5-6,9-10H2,1-4H3,(H2,22,23,28). The first-order chi connectivity index (χ1) is 14.3. The molecule has 162 valence electrons. The molecular formula is C19H26N6O4S. The minimum Gasteiger partial charge on any atom is -0.462 e. The highest BCUT2D eigenvalue weighted by Gasteiger charge is 2.30. The van der Waals surface area contributed by atoms with Gasteiger partial charge in [0.1, 0.15) is 10.0 Å². The van der Waals surface area contributed by atoms with Crippen LogP contribution >= 0.6 is 11.3 Å². The first-order valence-corrected chi connectivity index (χ1v) is 10.7. The number of urea groups is 1. The SMILES string of the molecule is CCOC(=O)c1c(NC(=O)NC2CCN(C(=O)C(C)C)C2)sc(-n2nccn2)c1C. The number of likely N-dealkylation sites (tertiary alicyclic amines) is 1. The third-order valence-corrected chi connectivity index (χ3v) is 5.93. The van der Waals surface area contributed by atoms with E-state index in [0.29, 0.717) is 35.1 Å². The summed E-state index contributed by atoms with van der Waals surface area (Å²) in [7, 11) is 0. The van der Waals surface area contributed by atoms with Crippen molar-refractivity contribution in [3.05, 3.63) is 23.5 Å². The van der Waals surface area contributed by atoms with Gasteiger partial charge in [-0.15, -0.1) is 4.80 Å². The van der Waals surface area contributed by atoms with Crippen LogP contribution in [0, 0.1) is 12.8 Å². The van der Waals surface area contributed by atoms with Gasteiger partial charge in [-0.2, -0.15) is 10.2 Å². The highest BCUT2D eigenvalue weighted by Crippen LogP contribution is 2.35. The summed E-state index contributed by atoms with van der Waals surface area (Å²) in [5.74, 6) is -0.516. The number of carbonyl (C=O) groups is 3. The number of carbonyl (C=O) groups excluding carboxylic acids is 3. The Morgan fingerprint density at radius 2 is 2.00 bits per heavy atom. The molecule has 2 aromatic rings. The van der Waals surface area contributed by atoms with Crippen molar-refractivity contribution in [1.29, 1.82) is 0 Å². The van der Waals surface area contributed by atoms with Crippen molar-refractivity contribution in [2.24, 2.45) is 5.92 Å². The van der Waals surface area contributed by atoms with Crippen molar-refractivity contribution in [3.8, 4) is 5.00 Å². The molecule has 0 radical (unpaired) electrons. The second kappa shape index (κ2) is 9.24. The molecule has 0 spiro atoms. The maximum Gasteiger partial charge on any atom is 0.341 e. The fraction of sp³-hybridized carbons (Fsp3) is 0.526. The number of anilines is 1. The van der Waals surface area contributed by atoms with Crippen LogP contribution in [-0.2, 0) is 9.53 Å². The molecule has 1 aliphatic heterocycles. The highest BCUT2D eigenvalue weighted by molar-refractivity contribution is 7.19. The Balaban J connectivity index is 1.74. The average molecular weight is 435 g/mol. The lowest BCUT2D eigenvalue weighted by Crippen LogP contribution is -2.41. The third-order valence-electron chi connectivity index (χ3n) is 4.76. The lowest BCUT2D eigenvalue weighted by atomic mass is 10.2. The predicted molar refractivity (Wildman–Crippen MR) is 112 cm³/mol. The summed E-state index contributed by atoms with van der Waals surface area (Å²) in [6.07, 6.45) is 3.75. The Morgan fingerprint density at radius 1 is 1.30 bits per heavy atom. The second-order valence-corrected chi connectivity index (χ2v) is 8.30. The Bertz CT molecular complexity index is 924. The molecule has 3 heterocycles. The smallest absolute Gasteiger partial charge is 0.341 e. The number of hydrogen-bond acceptors (Lipinski definition) is 7. The van der Waals surface area contributed by atoms with Crippen LogP contribution in [0.25, 0.3) is 5.00 Å². The molecule has 1 aliphatic rings. The van der Waals surface area contributed by atoms with Crippen molar-refractivity contribution in [2.45, 2.75) is 40.2 Å². The molecule has 0 aliphatic carbocycles. The van der Waals surface area contributed by atoms with Gasteiger partial charge in [0.25, 0.3) is 0 Å². The van der Waals surface area contributed by atoms with E-state index in [4.69, 9.17) is 4.74 Å². The maximum atomic E-state index is 12.6. The second-order valence-electron chi connectivity index (χ2n) is 7.30. The van der Waals surface area contributed by atoms with Crippen LogP contribution in [0.4, 0.5) is 9.80 Å². The first kappa shape index (κ1) is 21.8. The fourth-order valence-corrected chi connectivity index (χ4v) is 4.42. The van der Waals surface area contributed by atoms with E-state index in [1.807, 2.05) is 13.8 Å². The number of amides is 3. The summed E-state index contributed by atoms with van der Waals surface area (Å²) in [6.45, 7) is 8.51. The maximum absolute atomic E-state index is 12.6. The summed E-state index contributed by atoms with van der Waals surface area (Å²) in [6, 6.07) is -0.585. The molecule has 30 heavy (non-hydrogen) atoms. The molecule has 3 rings (SSSR count). The van der Waals surface area contributed by atoms with Gasteiger partial charge < -0.3 is 15.0 Å². The molecule has 10 nitrogen and oxygen atoms in total. The zero-order valence-electron chi connectivity index (χ0n) is 17.5. The van der Waals surface area contributed by atoms with Gasteiger partial charge in [0.15, 0.2) is 0 Å². The monoisotopic (exact) mass is 434 g/mol. The zero-order chi connectivity index (χ0) is 21.8. The van der Waals surface area contributed by atoms with Gasteiger partial charge in [-0.3, -0.25) is 10.1 Å². The van der Waals surface area contributed by atoms with Gasteiger partial charge in [-0.1, -0.05) is 25.2 Å². The van der Waals surface area contributed by atoms with Crippen LogP contribution in [-0.4, -0.2) is 63.5 Å². The van der Waals surface area contributed by atoms with Gasteiger partial charge in [0.05, 0.1) is 24.6 Å². The van der Waals surface area contributed by atoms with Gasteiger partial charge in [0, 0.05) is 30.6 Å². The van der Waals surface area contributed by atoms with Gasteiger partial charge in [-0.05, 0) is 20.3 Å². The largest absolute Gasteiger partial charge is 0.462 e. The Hall–Kier alpha value is -2.95. The molecule has 0 aromatic carbocycles. The molecule has 2 aromatic heterocycles. The molecule has 3 amide bonds. The van der Waals surface area contributed by atoms with Crippen LogP contribution in [0.1, 0.15) is 43.1 Å². The molecule has 2 N–H and O–H groups in total.